The van der Waals surface area contributed by atoms with E-state index in [1.165, 1.54) is 0 Å². The molecule has 2 rings (SSSR count). The van der Waals surface area contributed by atoms with Gasteiger partial charge in [0.1, 0.15) is 11.5 Å². The third-order valence-corrected chi connectivity index (χ3v) is 2.94. The fourth-order valence-corrected chi connectivity index (χ4v) is 1.91. The fraction of sp³-hybridized carbons (Fsp3) is 0.353. The van der Waals surface area contributed by atoms with Crippen LogP contribution in [0.4, 0.5) is 0 Å². The van der Waals surface area contributed by atoms with E-state index in [0.29, 0.717) is 17.5 Å². The maximum Gasteiger partial charge on any atom is 0.219 e. The fourth-order valence-electron chi connectivity index (χ4n) is 1.91. The van der Waals surface area contributed by atoms with Gasteiger partial charge in [0.15, 0.2) is 0 Å². The second kappa shape index (κ2) is 7.64. The number of rotatable bonds is 7. The van der Waals surface area contributed by atoms with E-state index in [4.69, 9.17) is 9.47 Å². The first kappa shape index (κ1) is 15.3. The summed E-state index contributed by atoms with van der Waals surface area (Å²) in [6.45, 7) is 6.19. The van der Waals surface area contributed by atoms with Crippen LogP contribution in [0.25, 0.3) is 0 Å². The summed E-state index contributed by atoms with van der Waals surface area (Å²) >= 11 is 0. The normalized spacial score (nSPS) is 10.7. The molecule has 0 unspecified atom stereocenters. The average molecular weight is 286 g/mol. The minimum Gasteiger partial charge on any atom is -0.497 e. The van der Waals surface area contributed by atoms with Crippen molar-refractivity contribution < 1.29 is 9.47 Å². The highest BCUT2D eigenvalue weighted by molar-refractivity contribution is 5.35. The lowest BCUT2D eigenvalue weighted by molar-refractivity contribution is 0.407. The van der Waals surface area contributed by atoms with Crippen LogP contribution in [0.15, 0.2) is 42.6 Å². The zero-order chi connectivity index (χ0) is 15.1. The molecule has 0 spiro atoms. The summed E-state index contributed by atoms with van der Waals surface area (Å²) in [6, 6.07) is 11.4. The van der Waals surface area contributed by atoms with Gasteiger partial charge in [-0.05, 0) is 36.2 Å². The number of methoxy groups -OCH3 is 1. The number of nitrogens with one attached hydrogen (secondary N) is 1. The van der Waals surface area contributed by atoms with Crippen LogP contribution in [-0.4, -0.2) is 18.6 Å². The SMILES string of the molecule is COc1cccc(Oc2cc(CNCC(C)C)ccn2)c1. The van der Waals surface area contributed by atoms with Crippen molar-refractivity contribution in [2.45, 2.75) is 20.4 Å². The van der Waals surface area contributed by atoms with Gasteiger partial charge >= 0.3 is 0 Å². The number of ether oxygens (including phenoxy) is 2. The van der Waals surface area contributed by atoms with Gasteiger partial charge in [-0.15, -0.1) is 0 Å². The van der Waals surface area contributed by atoms with Crippen molar-refractivity contribution in [3.63, 3.8) is 0 Å². The van der Waals surface area contributed by atoms with Crippen LogP contribution in [0.5, 0.6) is 17.4 Å². The van der Waals surface area contributed by atoms with Crippen molar-refractivity contribution in [1.82, 2.24) is 10.3 Å². The van der Waals surface area contributed by atoms with Gasteiger partial charge in [0.05, 0.1) is 7.11 Å². The Labute approximate surface area is 126 Å². The highest BCUT2D eigenvalue weighted by Crippen LogP contribution is 2.24. The summed E-state index contributed by atoms with van der Waals surface area (Å²) in [4.78, 5) is 4.24. The Morgan fingerprint density at radius 2 is 1.95 bits per heavy atom. The molecular weight excluding hydrogens is 264 g/mol. The molecule has 112 valence electrons. The van der Waals surface area contributed by atoms with Crippen molar-refractivity contribution in [2.24, 2.45) is 5.92 Å². The molecule has 2 aromatic rings. The number of nitrogens with zero attached hydrogens (tertiary/aromatic N) is 1. The summed E-state index contributed by atoms with van der Waals surface area (Å²) < 4.78 is 11.0. The molecule has 4 nitrogen and oxygen atoms in total. The van der Waals surface area contributed by atoms with Crippen LogP contribution < -0.4 is 14.8 Å². The first-order valence-electron chi connectivity index (χ1n) is 7.15. The predicted octanol–water partition coefficient (Wildman–Crippen LogP) is 3.63. The van der Waals surface area contributed by atoms with Crippen LogP contribution in [0.1, 0.15) is 19.4 Å². The number of aromatic nitrogens is 1. The largest absolute Gasteiger partial charge is 0.497 e. The summed E-state index contributed by atoms with van der Waals surface area (Å²) in [5.41, 5.74) is 1.16. The quantitative estimate of drug-likeness (QED) is 0.844. The Morgan fingerprint density at radius 1 is 1.14 bits per heavy atom. The molecule has 21 heavy (non-hydrogen) atoms. The molecule has 1 heterocycles. The van der Waals surface area contributed by atoms with Gasteiger partial charge in [0.25, 0.3) is 0 Å². The van der Waals surface area contributed by atoms with Gasteiger partial charge in [0.2, 0.25) is 5.88 Å². The molecule has 0 aliphatic heterocycles. The Hall–Kier alpha value is -2.07. The molecule has 0 saturated carbocycles. The number of hydrogen-bond donors (Lipinski definition) is 1. The predicted molar refractivity (Wildman–Crippen MR) is 83.8 cm³/mol. The lowest BCUT2D eigenvalue weighted by Crippen LogP contribution is -2.18. The molecule has 0 fully saturated rings. The molecule has 0 atom stereocenters. The maximum absolute atomic E-state index is 5.77. The topological polar surface area (TPSA) is 43.4 Å². The Kier molecular flexibility index (Phi) is 5.58. The van der Waals surface area contributed by atoms with Crippen LogP contribution >= 0.6 is 0 Å². The van der Waals surface area contributed by atoms with E-state index in [1.807, 2.05) is 36.4 Å². The third-order valence-electron chi connectivity index (χ3n) is 2.94. The van der Waals surface area contributed by atoms with Crippen molar-refractivity contribution in [3.05, 3.63) is 48.2 Å². The highest BCUT2D eigenvalue weighted by Gasteiger charge is 2.02. The van der Waals surface area contributed by atoms with Crippen LogP contribution in [0.3, 0.4) is 0 Å². The van der Waals surface area contributed by atoms with Gasteiger partial charge in [0, 0.05) is 24.9 Å². The standard InChI is InChI=1S/C17H22N2O2/c1-13(2)11-18-12-14-7-8-19-17(9-14)21-16-6-4-5-15(10-16)20-3/h4-10,13,18H,11-12H2,1-3H3. The third kappa shape index (κ3) is 5.08. The summed E-state index contributed by atoms with van der Waals surface area (Å²) in [7, 11) is 1.64. The maximum atomic E-state index is 5.77. The molecule has 4 heteroatoms. The molecule has 0 aliphatic carbocycles. The molecule has 0 amide bonds. The zero-order valence-corrected chi connectivity index (χ0v) is 12.8. The van der Waals surface area contributed by atoms with Crippen molar-refractivity contribution in [3.8, 4) is 17.4 Å². The molecule has 0 aliphatic rings. The molecule has 1 aromatic heterocycles. The molecule has 1 N–H and O–H groups in total. The Balaban J connectivity index is 1.99. The smallest absolute Gasteiger partial charge is 0.219 e. The molecular formula is C17H22N2O2. The minimum absolute atomic E-state index is 0.590. The number of hydrogen-bond acceptors (Lipinski definition) is 4. The summed E-state index contributed by atoms with van der Waals surface area (Å²) in [5.74, 6) is 2.71. The van der Waals surface area contributed by atoms with E-state index in [9.17, 15) is 0 Å². The van der Waals surface area contributed by atoms with Crippen molar-refractivity contribution in [1.29, 1.82) is 0 Å². The average Bonchev–Trinajstić information content (AvgIpc) is 2.47. The minimum atomic E-state index is 0.590. The van der Waals surface area contributed by atoms with Gasteiger partial charge < -0.3 is 14.8 Å². The van der Waals surface area contributed by atoms with E-state index < -0.39 is 0 Å². The number of benzene rings is 1. The molecule has 0 saturated heterocycles. The van der Waals surface area contributed by atoms with E-state index >= 15 is 0 Å². The van der Waals surface area contributed by atoms with Gasteiger partial charge in [-0.2, -0.15) is 0 Å². The van der Waals surface area contributed by atoms with Crippen LogP contribution in [0.2, 0.25) is 0 Å². The zero-order valence-electron chi connectivity index (χ0n) is 12.8. The van der Waals surface area contributed by atoms with Gasteiger partial charge in [-0.3, -0.25) is 0 Å². The summed E-state index contributed by atoms with van der Waals surface area (Å²) in [5, 5.41) is 3.41. The van der Waals surface area contributed by atoms with E-state index in [0.717, 1.165) is 24.4 Å². The van der Waals surface area contributed by atoms with E-state index in [2.05, 4.69) is 24.1 Å². The second-order valence-electron chi connectivity index (χ2n) is 5.31. The molecule has 0 radical (unpaired) electrons. The van der Waals surface area contributed by atoms with Crippen LogP contribution in [0, 0.1) is 5.92 Å². The number of pyridine rings is 1. The monoisotopic (exact) mass is 286 g/mol. The molecule has 0 bridgehead atoms. The van der Waals surface area contributed by atoms with Crippen molar-refractivity contribution in [2.75, 3.05) is 13.7 Å². The van der Waals surface area contributed by atoms with E-state index in [-0.39, 0.29) is 0 Å². The molecule has 1 aromatic carbocycles. The first-order chi connectivity index (χ1) is 10.2. The highest BCUT2D eigenvalue weighted by atomic mass is 16.5. The van der Waals surface area contributed by atoms with Crippen LogP contribution in [-0.2, 0) is 6.54 Å². The lowest BCUT2D eigenvalue weighted by atomic mass is 10.2. The summed E-state index contributed by atoms with van der Waals surface area (Å²) in [6.07, 6.45) is 1.77. The van der Waals surface area contributed by atoms with Crippen molar-refractivity contribution >= 4 is 0 Å². The van der Waals surface area contributed by atoms with E-state index in [1.54, 1.807) is 13.3 Å². The lowest BCUT2D eigenvalue weighted by Gasteiger charge is -2.09. The Bertz CT molecular complexity index is 570. The first-order valence-corrected chi connectivity index (χ1v) is 7.15. The van der Waals surface area contributed by atoms with Gasteiger partial charge in [-0.1, -0.05) is 19.9 Å². The Morgan fingerprint density at radius 3 is 2.71 bits per heavy atom. The van der Waals surface area contributed by atoms with Gasteiger partial charge in [-0.25, -0.2) is 4.98 Å². The second-order valence-corrected chi connectivity index (χ2v) is 5.31.